The van der Waals surface area contributed by atoms with E-state index in [-0.39, 0.29) is 0 Å². The maximum Gasteiger partial charge on any atom is 0.228 e. The average Bonchev–Trinajstić information content (AvgIpc) is 2.62. The van der Waals surface area contributed by atoms with Crippen LogP contribution in [0.3, 0.4) is 0 Å². The highest BCUT2D eigenvalue weighted by atomic mass is 15.2. The first-order chi connectivity index (χ1) is 12.1. The highest BCUT2D eigenvalue weighted by Gasteiger charge is 2.14. The van der Waals surface area contributed by atoms with E-state index in [1.165, 1.54) is 48.8 Å². The molecule has 1 aromatic carbocycles. The fourth-order valence-corrected chi connectivity index (χ4v) is 3.44. The van der Waals surface area contributed by atoms with E-state index in [9.17, 15) is 0 Å². The van der Waals surface area contributed by atoms with E-state index >= 15 is 0 Å². The van der Waals surface area contributed by atoms with Crippen LogP contribution >= 0.6 is 0 Å². The second-order valence-electron chi connectivity index (χ2n) is 7.13. The molecule has 1 aliphatic rings. The van der Waals surface area contributed by atoms with Crippen molar-refractivity contribution in [2.75, 3.05) is 17.2 Å². The molecule has 2 N–H and O–H groups in total. The van der Waals surface area contributed by atoms with E-state index in [0.29, 0.717) is 11.9 Å². The first-order valence-electron chi connectivity index (χ1n) is 9.37. The highest BCUT2D eigenvalue weighted by molar-refractivity contribution is 5.38. The number of rotatable bonds is 6. The Labute approximate surface area is 150 Å². The van der Waals surface area contributed by atoms with Crippen LogP contribution in [-0.2, 0) is 6.54 Å². The van der Waals surface area contributed by atoms with Gasteiger partial charge in [-0.15, -0.1) is 0 Å². The lowest BCUT2D eigenvalue weighted by atomic mass is 9.89. The normalized spacial score (nSPS) is 15.2. The molecule has 134 valence electrons. The third-order valence-corrected chi connectivity index (χ3v) is 5.17. The quantitative estimate of drug-likeness (QED) is 0.816. The Morgan fingerprint density at radius 2 is 1.64 bits per heavy atom. The Morgan fingerprint density at radius 3 is 2.40 bits per heavy atom. The second kappa shape index (κ2) is 8.28. The molecule has 0 aliphatic heterocycles. The Bertz CT molecular complexity index is 707. The lowest BCUT2D eigenvalue weighted by molar-refractivity contribution is 0.373. The summed E-state index contributed by atoms with van der Waals surface area (Å²) in [6.45, 7) is 7.89. The molecule has 0 atom stereocenters. The zero-order chi connectivity index (χ0) is 17.6. The highest BCUT2D eigenvalue weighted by Crippen LogP contribution is 2.23. The zero-order valence-corrected chi connectivity index (χ0v) is 15.6. The SMILES string of the molecule is Cc1nc(NCc2cccc(C)c2C)nc(NCC2CCCCC2)n1. The summed E-state index contributed by atoms with van der Waals surface area (Å²) in [7, 11) is 0. The van der Waals surface area contributed by atoms with Crippen molar-refractivity contribution in [3.63, 3.8) is 0 Å². The van der Waals surface area contributed by atoms with Gasteiger partial charge in [-0.1, -0.05) is 37.5 Å². The molecule has 1 saturated carbocycles. The molecule has 1 heterocycles. The monoisotopic (exact) mass is 339 g/mol. The molecule has 0 unspecified atom stereocenters. The van der Waals surface area contributed by atoms with Gasteiger partial charge in [-0.3, -0.25) is 0 Å². The van der Waals surface area contributed by atoms with Crippen molar-refractivity contribution in [2.45, 2.75) is 59.4 Å². The van der Waals surface area contributed by atoms with Gasteiger partial charge < -0.3 is 10.6 Å². The average molecular weight is 339 g/mol. The number of nitrogens with zero attached hydrogens (tertiary/aromatic N) is 3. The maximum atomic E-state index is 4.54. The van der Waals surface area contributed by atoms with Crippen molar-refractivity contribution in [2.24, 2.45) is 5.92 Å². The molecular formula is C20H29N5. The van der Waals surface area contributed by atoms with Crippen LogP contribution < -0.4 is 10.6 Å². The molecule has 25 heavy (non-hydrogen) atoms. The Balaban J connectivity index is 1.61. The molecule has 5 nitrogen and oxygen atoms in total. The predicted octanol–water partition coefficient (Wildman–Crippen LogP) is 4.40. The number of hydrogen-bond acceptors (Lipinski definition) is 5. The smallest absolute Gasteiger partial charge is 0.228 e. The number of hydrogen-bond donors (Lipinski definition) is 2. The number of benzene rings is 1. The van der Waals surface area contributed by atoms with Crippen molar-refractivity contribution < 1.29 is 0 Å². The number of nitrogens with one attached hydrogen (secondary N) is 2. The number of anilines is 2. The summed E-state index contributed by atoms with van der Waals surface area (Å²) in [4.78, 5) is 13.4. The van der Waals surface area contributed by atoms with Crippen molar-refractivity contribution in [3.8, 4) is 0 Å². The lowest BCUT2D eigenvalue weighted by Crippen LogP contribution is -2.19. The van der Waals surface area contributed by atoms with E-state index < -0.39 is 0 Å². The van der Waals surface area contributed by atoms with Gasteiger partial charge in [-0.2, -0.15) is 15.0 Å². The molecule has 3 rings (SSSR count). The Morgan fingerprint density at radius 1 is 0.920 bits per heavy atom. The predicted molar refractivity (Wildman–Crippen MR) is 103 cm³/mol. The van der Waals surface area contributed by atoms with Crippen LogP contribution in [0.1, 0.15) is 54.6 Å². The van der Waals surface area contributed by atoms with Crippen LogP contribution in [-0.4, -0.2) is 21.5 Å². The first-order valence-corrected chi connectivity index (χ1v) is 9.37. The molecule has 1 aromatic heterocycles. The zero-order valence-electron chi connectivity index (χ0n) is 15.6. The molecule has 0 radical (unpaired) electrons. The third kappa shape index (κ3) is 4.91. The largest absolute Gasteiger partial charge is 0.354 e. The maximum absolute atomic E-state index is 4.54. The molecule has 0 spiro atoms. The van der Waals surface area contributed by atoms with Gasteiger partial charge in [-0.25, -0.2) is 0 Å². The standard InChI is InChI=1S/C20H29N5/c1-14-8-7-11-18(15(14)2)13-22-20-24-16(3)23-19(25-20)21-12-17-9-5-4-6-10-17/h7-8,11,17H,4-6,9-10,12-13H2,1-3H3,(H2,21,22,23,24,25). The summed E-state index contributed by atoms with van der Waals surface area (Å²) < 4.78 is 0. The molecule has 0 amide bonds. The molecular weight excluding hydrogens is 310 g/mol. The van der Waals surface area contributed by atoms with Crippen molar-refractivity contribution in [1.29, 1.82) is 0 Å². The number of aromatic nitrogens is 3. The van der Waals surface area contributed by atoms with Gasteiger partial charge in [0.1, 0.15) is 5.82 Å². The van der Waals surface area contributed by atoms with Crippen LogP contribution in [0.5, 0.6) is 0 Å². The van der Waals surface area contributed by atoms with Gasteiger partial charge in [-0.05, 0) is 56.2 Å². The number of aryl methyl sites for hydroxylation is 2. The molecule has 0 bridgehead atoms. The summed E-state index contributed by atoms with van der Waals surface area (Å²) in [6, 6.07) is 6.37. The molecule has 1 fully saturated rings. The topological polar surface area (TPSA) is 62.7 Å². The van der Waals surface area contributed by atoms with E-state index in [2.05, 4.69) is 57.6 Å². The van der Waals surface area contributed by atoms with Crippen molar-refractivity contribution >= 4 is 11.9 Å². The van der Waals surface area contributed by atoms with Crippen molar-refractivity contribution in [3.05, 3.63) is 40.7 Å². The van der Waals surface area contributed by atoms with E-state index in [0.717, 1.165) is 24.8 Å². The minimum absolute atomic E-state index is 0.638. The Kier molecular flexibility index (Phi) is 5.84. The molecule has 2 aromatic rings. The van der Waals surface area contributed by atoms with Crippen LogP contribution in [0.4, 0.5) is 11.9 Å². The molecule has 1 aliphatic carbocycles. The minimum atomic E-state index is 0.638. The van der Waals surface area contributed by atoms with Crippen LogP contribution in [0, 0.1) is 26.7 Å². The van der Waals surface area contributed by atoms with Gasteiger partial charge in [0.25, 0.3) is 0 Å². The van der Waals surface area contributed by atoms with Crippen LogP contribution in [0.2, 0.25) is 0 Å². The summed E-state index contributed by atoms with van der Waals surface area (Å²) in [5.74, 6) is 2.81. The summed E-state index contributed by atoms with van der Waals surface area (Å²) in [5, 5.41) is 6.76. The lowest BCUT2D eigenvalue weighted by Gasteiger charge is -2.21. The van der Waals surface area contributed by atoms with Gasteiger partial charge in [0.2, 0.25) is 11.9 Å². The van der Waals surface area contributed by atoms with Crippen molar-refractivity contribution in [1.82, 2.24) is 15.0 Å². The third-order valence-electron chi connectivity index (χ3n) is 5.17. The Hall–Kier alpha value is -2.17. The first kappa shape index (κ1) is 17.6. The van der Waals surface area contributed by atoms with Gasteiger partial charge in [0, 0.05) is 13.1 Å². The fourth-order valence-electron chi connectivity index (χ4n) is 3.44. The van der Waals surface area contributed by atoms with Gasteiger partial charge in [0.05, 0.1) is 0 Å². The fraction of sp³-hybridized carbons (Fsp3) is 0.550. The van der Waals surface area contributed by atoms with Gasteiger partial charge in [0.15, 0.2) is 0 Å². The van der Waals surface area contributed by atoms with E-state index in [1.54, 1.807) is 0 Å². The van der Waals surface area contributed by atoms with Crippen LogP contribution in [0.15, 0.2) is 18.2 Å². The van der Waals surface area contributed by atoms with E-state index in [1.807, 2.05) is 6.92 Å². The van der Waals surface area contributed by atoms with Crippen LogP contribution in [0.25, 0.3) is 0 Å². The molecule has 0 saturated heterocycles. The minimum Gasteiger partial charge on any atom is -0.354 e. The molecule has 5 heteroatoms. The summed E-state index contributed by atoms with van der Waals surface area (Å²) in [5.41, 5.74) is 3.90. The second-order valence-corrected chi connectivity index (χ2v) is 7.13. The summed E-state index contributed by atoms with van der Waals surface area (Å²) >= 11 is 0. The van der Waals surface area contributed by atoms with Gasteiger partial charge >= 0.3 is 0 Å². The van der Waals surface area contributed by atoms with E-state index in [4.69, 9.17) is 0 Å². The summed E-state index contributed by atoms with van der Waals surface area (Å²) in [6.07, 6.45) is 6.72.